The summed E-state index contributed by atoms with van der Waals surface area (Å²) in [4.78, 5) is 12.9. The summed E-state index contributed by atoms with van der Waals surface area (Å²) in [6, 6.07) is 10.7. The van der Waals surface area contributed by atoms with Crippen LogP contribution in [0.25, 0.3) is 0 Å². The summed E-state index contributed by atoms with van der Waals surface area (Å²) in [5.74, 6) is -0.495. The molecule has 1 N–H and O–H groups in total. The molecule has 1 amide bonds. The number of amides is 1. The number of benzene rings is 2. The number of carbonyl (C=O) groups excluding carboxylic acids is 1. The zero-order valence-electron chi connectivity index (χ0n) is 19.4. The minimum Gasteiger partial charge on any atom is -0.379 e. The Kier molecular flexibility index (Phi) is 8.60. The van der Waals surface area contributed by atoms with Gasteiger partial charge < -0.3 is 10.1 Å². The first-order valence-electron chi connectivity index (χ1n) is 11.5. The van der Waals surface area contributed by atoms with Gasteiger partial charge in [-0.3, -0.25) is 4.79 Å². The fraction of sp³-hybridized carbons (Fsp3) is 0.435. The fourth-order valence-electron chi connectivity index (χ4n) is 4.22. The number of hydrogen-bond acceptors (Lipinski definition) is 6. The molecule has 2 aliphatic rings. The van der Waals surface area contributed by atoms with Gasteiger partial charge in [-0.15, -0.1) is 0 Å². The molecule has 13 heteroatoms. The molecule has 2 aromatic rings. The Morgan fingerprint density at radius 2 is 1.50 bits per heavy atom. The van der Waals surface area contributed by atoms with E-state index in [1.54, 1.807) is 12.1 Å². The topological polar surface area (TPSA) is 113 Å². The van der Waals surface area contributed by atoms with Crippen LogP contribution in [-0.2, 0) is 36.1 Å². The summed E-state index contributed by atoms with van der Waals surface area (Å²) < 4.78 is 59.4. The van der Waals surface area contributed by atoms with Gasteiger partial charge in [0, 0.05) is 43.7 Å². The van der Waals surface area contributed by atoms with Gasteiger partial charge in [0.2, 0.25) is 26.0 Å². The van der Waals surface area contributed by atoms with Crippen LogP contribution in [0.3, 0.4) is 0 Å². The van der Waals surface area contributed by atoms with E-state index in [1.807, 2.05) is 0 Å². The summed E-state index contributed by atoms with van der Waals surface area (Å²) in [6.45, 7) is 2.03. The van der Waals surface area contributed by atoms with Crippen LogP contribution in [0.5, 0.6) is 0 Å². The lowest BCUT2D eigenvalue weighted by Crippen LogP contribution is -2.42. The number of carbonyl (C=O) groups is 1. The Labute approximate surface area is 221 Å². The van der Waals surface area contributed by atoms with Gasteiger partial charge in [-0.05, 0) is 48.7 Å². The van der Waals surface area contributed by atoms with Crippen LogP contribution in [0.1, 0.15) is 18.4 Å². The van der Waals surface area contributed by atoms with E-state index in [0.29, 0.717) is 39.1 Å². The van der Waals surface area contributed by atoms with E-state index >= 15 is 0 Å². The number of nitrogens with one attached hydrogen (secondary N) is 1. The van der Waals surface area contributed by atoms with Crippen LogP contribution in [-0.4, -0.2) is 70.7 Å². The van der Waals surface area contributed by atoms with E-state index in [0.717, 1.165) is 5.56 Å². The van der Waals surface area contributed by atoms with Crippen molar-refractivity contribution >= 4 is 49.2 Å². The molecule has 2 saturated heterocycles. The van der Waals surface area contributed by atoms with Gasteiger partial charge in [-0.25, -0.2) is 16.8 Å². The molecular weight excluding hydrogens is 549 g/mol. The Morgan fingerprint density at radius 3 is 2.14 bits per heavy atom. The summed E-state index contributed by atoms with van der Waals surface area (Å²) in [5.41, 5.74) is 0.764. The molecule has 0 spiro atoms. The number of morpholine rings is 1. The Hall–Kier alpha value is -1.73. The fourth-order valence-corrected chi connectivity index (χ4v) is 7.84. The highest BCUT2D eigenvalue weighted by Gasteiger charge is 2.33. The van der Waals surface area contributed by atoms with Crippen molar-refractivity contribution in [2.45, 2.75) is 29.2 Å². The number of ether oxygens (including phenoxy) is 1. The van der Waals surface area contributed by atoms with Gasteiger partial charge in [-0.1, -0.05) is 35.3 Å². The smallest absolute Gasteiger partial charge is 0.244 e. The lowest BCUT2D eigenvalue weighted by molar-refractivity contribution is -0.126. The lowest BCUT2D eigenvalue weighted by atomic mass is 9.97. The van der Waals surface area contributed by atoms with Crippen molar-refractivity contribution in [3.8, 4) is 0 Å². The monoisotopic (exact) mass is 575 g/mol. The van der Waals surface area contributed by atoms with Gasteiger partial charge in [0.1, 0.15) is 4.90 Å². The first-order valence-corrected chi connectivity index (χ1v) is 15.1. The average molecular weight is 577 g/mol. The van der Waals surface area contributed by atoms with Crippen molar-refractivity contribution in [2.24, 2.45) is 5.92 Å². The molecule has 2 aliphatic heterocycles. The Bertz CT molecular complexity index is 1310. The molecule has 2 heterocycles. The van der Waals surface area contributed by atoms with Crippen LogP contribution >= 0.6 is 23.2 Å². The summed E-state index contributed by atoms with van der Waals surface area (Å²) in [6.07, 6.45) is 0.750. The number of piperidine rings is 1. The molecule has 0 saturated carbocycles. The minimum absolute atomic E-state index is 0.0429. The third-order valence-electron chi connectivity index (χ3n) is 6.33. The molecule has 0 aliphatic carbocycles. The van der Waals surface area contributed by atoms with E-state index in [1.165, 1.54) is 38.9 Å². The van der Waals surface area contributed by atoms with Gasteiger partial charge in [0.25, 0.3) is 0 Å². The normalized spacial score (nSPS) is 18.7. The molecule has 36 heavy (non-hydrogen) atoms. The zero-order valence-corrected chi connectivity index (χ0v) is 22.5. The van der Waals surface area contributed by atoms with E-state index in [2.05, 4.69) is 5.32 Å². The second-order valence-corrected chi connectivity index (χ2v) is 13.3. The van der Waals surface area contributed by atoms with Gasteiger partial charge in [-0.2, -0.15) is 8.61 Å². The lowest BCUT2D eigenvalue weighted by Gasteiger charge is -2.30. The van der Waals surface area contributed by atoms with Crippen molar-refractivity contribution in [2.75, 3.05) is 39.4 Å². The van der Waals surface area contributed by atoms with E-state index in [9.17, 15) is 21.6 Å². The molecule has 0 bridgehead atoms. The third kappa shape index (κ3) is 6.04. The van der Waals surface area contributed by atoms with Gasteiger partial charge in [0.05, 0.1) is 23.1 Å². The SMILES string of the molecule is O=C(NCc1ccc(S(=O)(=O)N2CCOCC2)cc1)C1CCN(S(=O)(=O)c2cc(Cl)ccc2Cl)CC1. The molecule has 0 radical (unpaired) electrons. The maximum Gasteiger partial charge on any atom is 0.244 e. The molecule has 0 aromatic heterocycles. The minimum atomic E-state index is -3.82. The largest absolute Gasteiger partial charge is 0.379 e. The predicted octanol–water partition coefficient (Wildman–Crippen LogP) is 2.73. The molecule has 196 valence electrons. The summed E-state index contributed by atoms with van der Waals surface area (Å²) >= 11 is 12.0. The molecule has 4 rings (SSSR count). The van der Waals surface area contributed by atoms with E-state index in [4.69, 9.17) is 27.9 Å². The second kappa shape index (κ2) is 11.3. The highest BCUT2D eigenvalue weighted by molar-refractivity contribution is 7.89. The molecule has 2 aromatic carbocycles. The quantitative estimate of drug-likeness (QED) is 0.543. The number of sulfonamides is 2. The zero-order chi connectivity index (χ0) is 25.9. The number of halogens is 2. The van der Waals surface area contributed by atoms with E-state index < -0.39 is 20.0 Å². The molecule has 2 fully saturated rings. The first kappa shape index (κ1) is 27.3. The number of rotatable bonds is 7. The Balaban J connectivity index is 1.30. The van der Waals surface area contributed by atoms with Crippen molar-refractivity contribution in [1.82, 2.24) is 13.9 Å². The molecule has 0 unspecified atom stereocenters. The standard InChI is InChI=1S/C23H27Cl2N3O6S2/c24-19-3-6-21(25)22(15-19)36(32,33)27-9-7-18(8-10-27)23(29)26-16-17-1-4-20(5-2-17)35(30,31)28-11-13-34-14-12-28/h1-6,15,18H,7-14,16H2,(H,26,29). The van der Waals surface area contributed by atoms with Crippen molar-refractivity contribution in [3.05, 3.63) is 58.1 Å². The van der Waals surface area contributed by atoms with Crippen LogP contribution < -0.4 is 5.32 Å². The van der Waals surface area contributed by atoms with Crippen LogP contribution in [0, 0.1) is 5.92 Å². The van der Waals surface area contributed by atoms with Crippen LogP contribution in [0.2, 0.25) is 10.0 Å². The van der Waals surface area contributed by atoms with Gasteiger partial charge >= 0.3 is 0 Å². The maximum atomic E-state index is 13.0. The van der Waals surface area contributed by atoms with E-state index in [-0.39, 0.29) is 51.3 Å². The van der Waals surface area contributed by atoms with Crippen molar-refractivity contribution in [3.63, 3.8) is 0 Å². The Morgan fingerprint density at radius 1 is 0.889 bits per heavy atom. The van der Waals surface area contributed by atoms with Crippen LogP contribution in [0.4, 0.5) is 0 Å². The van der Waals surface area contributed by atoms with Crippen molar-refractivity contribution in [1.29, 1.82) is 0 Å². The summed E-state index contributed by atoms with van der Waals surface area (Å²) in [5, 5.41) is 3.25. The summed E-state index contributed by atoms with van der Waals surface area (Å²) in [7, 11) is -7.39. The first-order chi connectivity index (χ1) is 17.1. The second-order valence-electron chi connectivity index (χ2n) is 8.63. The highest BCUT2D eigenvalue weighted by atomic mass is 35.5. The molecule has 9 nitrogen and oxygen atoms in total. The highest BCUT2D eigenvalue weighted by Crippen LogP contribution is 2.30. The van der Waals surface area contributed by atoms with Gasteiger partial charge in [0.15, 0.2) is 0 Å². The van der Waals surface area contributed by atoms with Crippen LogP contribution in [0.15, 0.2) is 52.3 Å². The maximum absolute atomic E-state index is 13.0. The van der Waals surface area contributed by atoms with Crippen molar-refractivity contribution < 1.29 is 26.4 Å². The number of hydrogen-bond donors (Lipinski definition) is 1. The molecular formula is C23H27Cl2N3O6S2. The molecule has 0 atom stereocenters. The number of nitrogens with zero attached hydrogens (tertiary/aromatic N) is 2. The predicted molar refractivity (Wildman–Crippen MR) is 136 cm³/mol. The third-order valence-corrected chi connectivity index (χ3v) is 10.9. The average Bonchev–Trinajstić information content (AvgIpc) is 2.89.